The first-order valence-electron chi connectivity index (χ1n) is 7.96. The van der Waals surface area contributed by atoms with Gasteiger partial charge in [0.25, 0.3) is 0 Å². The summed E-state index contributed by atoms with van der Waals surface area (Å²) in [6.45, 7) is 2.23. The summed E-state index contributed by atoms with van der Waals surface area (Å²) in [4.78, 5) is 12.7. The Labute approximate surface area is 147 Å². The van der Waals surface area contributed by atoms with E-state index in [1.54, 1.807) is 4.68 Å². The van der Waals surface area contributed by atoms with Crippen molar-refractivity contribution in [3.8, 4) is 5.75 Å². The van der Waals surface area contributed by atoms with Crippen molar-refractivity contribution >= 4 is 24.0 Å². The standard InChI is InChI=1S/C17H20N4O2.ClH/c1-21-10-12(7-19-21)14-8-18-9-15(14)17(22)20-13-2-3-16-11(6-13)4-5-23-16;/h2-3,6-7,10,14-15,18H,4-5,8-9H2,1H3,(H,20,22);1H/t14-,15+;/m1./s1. The smallest absolute Gasteiger partial charge is 0.229 e. The molecule has 7 heteroatoms. The van der Waals surface area contributed by atoms with Crippen molar-refractivity contribution in [1.82, 2.24) is 15.1 Å². The Morgan fingerprint density at radius 1 is 1.42 bits per heavy atom. The maximum Gasteiger partial charge on any atom is 0.229 e. The minimum absolute atomic E-state index is 0. The SMILES string of the molecule is Cl.Cn1cc([C@H]2CNC[C@@H]2C(=O)Nc2ccc3c(c2)CCO3)cn1. The van der Waals surface area contributed by atoms with Gasteiger partial charge in [-0.25, -0.2) is 0 Å². The molecular formula is C17H21ClN4O2. The molecule has 3 heterocycles. The van der Waals surface area contributed by atoms with Crippen molar-refractivity contribution in [2.45, 2.75) is 12.3 Å². The third-order valence-electron chi connectivity index (χ3n) is 4.66. The lowest BCUT2D eigenvalue weighted by Gasteiger charge is -2.17. The number of carbonyl (C=O) groups is 1. The van der Waals surface area contributed by atoms with E-state index in [1.165, 1.54) is 0 Å². The molecule has 1 fully saturated rings. The predicted octanol–water partition coefficient (Wildman–Crippen LogP) is 1.72. The van der Waals surface area contributed by atoms with Crippen molar-refractivity contribution in [1.29, 1.82) is 0 Å². The summed E-state index contributed by atoms with van der Waals surface area (Å²) in [5.41, 5.74) is 3.12. The normalized spacial score (nSPS) is 21.7. The number of nitrogens with one attached hydrogen (secondary N) is 2. The number of rotatable bonds is 3. The van der Waals surface area contributed by atoms with E-state index in [4.69, 9.17) is 4.74 Å². The second kappa shape index (κ2) is 6.83. The maximum atomic E-state index is 12.7. The lowest BCUT2D eigenvalue weighted by atomic mass is 9.90. The number of benzene rings is 1. The Hall–Kier alpha value is -2.05. The summed E-state index contributed by atoms with van der Waals surface area (Å²) in [6, 6.07) is 5.86. The zero-order valence-corrected chi connectivity index (χ0v) is 14.3. The van der Waals surface area contributed by atoms with E-state index in [0.29, 0.717) is 6.54 Å². The Kier molecular flexibility index (Phi) is 4.78. The van der Waals surface area contributed by atoms with Crippen LogP contribution in [0.3, 0.4) is 0 Å². The van der Waals surface area contributed by atoms with Gasteiger partial charge >= 0.3 is 0 Å². The number of aromatic nitrogens is 2. The third-order valence-corrected chi connectivity index (χ3v) is 4.66. The topological polar surface area (TPSA) is 68.2 Å². The van der Waals surface area contributed by atoms with Gasteiger partial charge in [-0.05, 0) is 29.3 Å². The summed E-state index contributed by atoms with van der Waals surface area (Å²) in [5.74, 6) is 1.08. The van der Waals surface area contributed by atoms with Gasteiger partial charge in [-0.15, -0.1) is 12.4 Å². The summed E-state index contributed by atoms with van der Waals surface area (Å²) in [5, 5.41) is 10.6. The van der Waals surface area contributed by atoms with Crippen LogP contribution < -0.4 is 15.4 Å². The number of aryl methyl sites for hydroxylation is 1. The summed E-state index contributed by atoms with van der Waals surface area (Å²) in [6.07, 6.45) is 4.75. The van der Waals surface area contributed by atoms with Crippen molar-refractivity contribution in [3.05, 3.63) is 41.7 Å². The van der Waals surface area contributed by atoms with E-state index < -0.39 is 0 Å². The van der Waals surface area contributed by atoms with Gasteiger partial charge in [-0.3, -0.25) is 9.48 Å². The average molecular weight is 349 g/mol. The lowest BCUT2D eigenvalue weighted by molar-refractivity contribution is -0.119. The first-order chi connectivity index (χ1) is 11.2. The molecule has 1 saturated heterocycles. The molecule has 2 aliphatic heterocycles. The summed E-state index contributed by atoms with van der Waals surface area (Å²) >= 11 is 0. The quantitative estimate of drug-likeness (QED) is 0.886. The number of halogens is 1. The minimum atomic E-state index is -0.0799. The summed E-state index contributed by atoms with van der Waals surface area (Å²) < 4.78 is 7.28. The molecule has 2 aromatic rings. The van der Waals surface area contributed by atoms with E-state index in [-0.39, 0.29) is 30.2 Å². The minimum Gasteiger partial charge on any atom is -0.493 e. The van der Waals surface area contributed by atoms with Gasteiger partial charge in [0, 0.05) is 44.4 Å². The van der Waals surface area contributed by atoms with Gasteiger partial charge in [0.1, 0.15) is 5.75 Å². The zero-order chi connectivity index (χ0) is 15.8. The molecule has 128 valence electrons. The Morgan fingerprint density at radius 2 is 2.29 bits per heavy atom. The number of hydrogen-bond donors (Lipinski definition) is 2. The van der Waals surface area contributed by atoms with Crippen molar-refractivity contribution in [2.24, 2.45) is 13.0 Å². The molecule has 0 spiro atoms. The van der Waals surface area contributed by atoms with Gasteiger partial charge in [0.15, 0.2) is 0 Å². The van der Waals surface area contributed by atoms with Gasteiger partial charge in [-0.1, -0.05) is 0 Å². The molecule has 2 aliphatic rings. The first-order valence-corrected chi connectivity index (χ1v) is 7.96. The highest BCUT2D eigenvalue weighted by atomic mass is 35.5. The maximum absolute atomic E-state index is 12.7. The Morgan fingerprint density at radius 3 is 3.08 bits per heavy atom. The Bertz CT molecular complexity index is 746. The van der Waals surface area contributed by atoms with Crippen LogP contribution in [0.2, 0.25) is 0 Å². The predicted molar refractivity (Wildman–Crippen MR) is 93.8 cm³/mol. The Balaban J connectivity index is 0.00000169. The largest absolute Gasteiger partial charge is 0.493 e. The zero-order valence-electron chi connectivity index (χ0n) is 13.5. The van der Waals surface area contributed by atoms with E-state index in [1.807, 2.05) is 37.6 Å². The molecule has 0 aliphatic carbocycles. The molecule has 0 radical (unpaired) electrons. The number of amides is 1. The number of anilines is 1. The molecule has 0 bridgehead atoms. The fraction of sp³-hybridized carbons (Fsp3) is 0.412. The van der Waals surface area contributed by atoms with Crippen molar-refractivity contribution in [3.63, 3.8) is 0 Å². The highest BCUT2D eigenvalue weighted by Gasteiger charge is 2.34. The van der Waals surface area contributed by atoms with E-state index in [9.17, 15) is 4.79 Å². The van der Waals surface area contributed by atoms with Gasteiger partial charge in [-0.2, -0.15) is 5.10 Å². The molecule has 2 N–H and O–H groups in total. The molecule has 0 unspecified atom stereocenters. The van der Waals surface area contributed by atoms with E-state index in [0.717, 1.165) is 42.1 Å². The van der Waals surface area contributed by atoms with Crippen LogP contribution in [0.1, 0.15) is 17.0 Å². The van der Waals surface area contributed by atoms with Crippen LogP contribution in [-0.4, -0.2) is 35.4 Å². The van der Waals surface area contributed by atoms with Crippen LogP contribution in [0.5, 0.6) is 5.75 Å². The molecule has 1 aromatic heterocycles. The monoisotopic (exact) mass is 348 g/mol. The second-order valence-electron chi connectivity index (χ2n) is 6.23. The number of ether oxygens (including phenoxy) is 1. The molecule has 2 atom stereocenters. The molecule has 0 saturated carbocycles. The number of hydrogen-bond acceptors (Lipinski definition) is 4. The van der Waals surface area contributed by atoms with Crippen LogP contribution in [-0.2, 0) is 18.3 Å². The lowest BCUT2D eigenvalue weighted by Crippen LogP contribution is -2.28. The molecule has 1 aromatic carbocycles. The molecule has 4 rings (SSSR count). The fourth-order valence-electron chi connectivity index (χ4n) is 3.44. The van der Waals surface area contributed by atoms with E-state index >= 15 is 0 Å². The van der Waals surface area contributed by atoms with Gasteiger partial charge in [0.05, 0.1) is 18.7 Å². The number of nitrogens with zero attached hydrogens (tertiary/aromatic N) is 2. The van der Waals surface area contributed by atoms with Crippen LogP contribution in [0.15, 0.2) is 30.6 Å². The highest BCUT2D eigenvalue weighted by Crippen LogP contribution is 2.31. The van der Waals surface area contributed by atoms with Crippen LogP contribution in [0.4, 0.5) is 5.69 Å². The van der Waals surface area contributed by atoms with Crippen molar-refractivity contribution in [2.75, 3.05) is 25.0 Å². The van der Waals surface area contributed by atoms with Crippen LogP contribution in [0, 0.1) is 5.92 Å². The molecule has 1 amide bonds. The van der Waals surface area contributed by atoms with E-state index in [2.05, 4.69) is 15.7 Å². The van der Waals surface area contributed by atoms with Crippen LogP contribution in [0.25, 0.3) is 0 Å². The fourth-order valence-corrected chi connectivity index (χ4v) is 3.44. The average Bonchev–Trinajstić information content (AvgIpc) is 3.26. The third kappa shape index (κ3) is 3.12. The van der Waals surface area contributed by atoms with Crippen LogP contribution >= 0.6 is 12.4 Å². The molecular weight excluding hydrogens is 328 g/mol. The molecule has 24 heavy (non-hydrogen) atoms. The second-order valence-corrected chi connectivity index (χ2v) is 6.23. The number of fused-ring (bicyclic) bond motifs is 1. The summed E-state index contributed by atoms with van der Waals surface area (Å²) in [7, 11) is 1.90. The highest BCUT2D eigenvalue weighted by molar-refractivity contribution is 5.93. The van der Waals surface area contributed by atoms with Gasteiger partial charge in [0.2, 0.25) is 5.91 Å². The molecule has 6 nitrogen and oxygen atoms in total. The number of carbonyl (C=O) groups excluding carboxylic acids is 1. The van der Waals surface area contributed by atoms with Gasteiger partial charge < -0.3 is 15.4 Å². The first kappa shape index (κ1) is 16.8. The van der Waals surface area contributed by atoms with Crippen molar-refractivity contribution < 1.29 is 9.53 Å².